The summed E-state index contributed by atoms with van der Waals surface area (Å²) in [5, 5.41) is 6.59. The van der Waals surface area contributed by atoms with Crippen LogP contribution in [0.3, 0.4) is 0 Å². The molecular formula is C22H30IN3O3. The maximum absolute atomic E-state index is 5.99. The zero-order chi connectivity index (χ0) is 19.8. The summed E-state index contributed by atoms with van der Waals surface area (Å²) in [6.45, 7) is 4.13. The highest BCUT2D eigenvalue weighted by Gasteiger charge is 2.22. The predicted octanol–water partition coefficient (Wildman–Crippen LogP) is 4.69. The first-order chi connectivity index (χ1) is 13.7. The number of methoxy groups -OCH3 is 2. The number of rotatable bonds is 9. The molecule has 0 bridgehead atoms. The van der Waals surface area contributed by atoms with Crippen LogP contribution in [0.4, 0.5) is 5.69 Å². The molecule has 7 heteroatoms. The van der Waals surface area contributed by atoms with E-state index in [0.29, 0.717) is 24.0 Å². The quantitative estimate of drug-likeness (QED) is 0.291. The minimum absolute atomic E-state index is 0. The molecule has 3 rings (SSSR count). The summed E-state index contributed by atoms with van der Waals surface area (Å²) < 4.78 is 16.7. The van der Waals surface area contributed by atoms with Gasteiger partial charge in [-0.25, -0.2) is 4.99 Å². The van der Waals surface area contributed by atoms with Crippen molar-refractivity contribution in [2.45, 2.75) is 26.3 Å². The Morgan fingerprint density at radius 3 is 2.48 bits per heavy atom. The lowest BCUT2D eigenvalue weighted by Gasteiger charge is -2.14. The van der Waals surface area contributed by atoms with Crippen LogP contribution < -0.4 is 24.8 Å². The van der Waals surface area contributed by atoms with Crippen molar-refractivity contribution in [2.75, 3.05) is 32.7 Å². The van der Waals surface area contributed by atoms with Crippen LogP contribution in [0, 0.1) is 5.92 Å². The second-order valence-corrected chi connectivity index (χ2v) is 6.75. The van der Waals surface area contributed by atoms with E-state index in [1.54, 1.807) is 14.2 Å². The molecular weight excluding hydrogens is 481 g/mol. The van der Waals surface area contributed by atoms with Crippen molar-refractivity contribution >= 4 is 35.6 Å². The number of benzene rings is 2. The molecule has 6 nitrogen and oxygen atoms in total. The standard InChI is InChI=1S/C22H29N3O3.HI/c1-4-23-22(25-18-11-12-20(26-2)21(13-18)27-3)24-14-17-7-5-6-8-19(17)28-15-16-9-10-16;/h5-8,11-13,16H,4,9-10,14-15H2,1-3H3,(H2,23,24,25);1H. The molecule has 29 heavy (non-hydrogen) atoms. The van der Waals surface area contributed by atoms with Crippen molar-refractivity contribution in [1.82, 2.24) is 5.32 Å². The van der Waals surface area contributed by atoms with Gasteiger partial charge in [-0.1, -0.05) is 18.2 Å². The number of ether oxygens (including phenoxy) is 3. The highest BCUT2D eigenvalue weighted by Crippen LogP contribution is 2.31. The van der Waals surface area contributed by atoms with Gasteiger partial charge < -0.3 is 24.8 Å². The molecule has 0 aromatic heterocycles. The molecule has 0 radical (unpaired) electrons. The molecule has 0 aliphatic heterocycles. The van der Waals surface area contributed by atoms with Crippen LogP contribution in [0.1, 0.15) is 25.3 Å². The van der Waals surface area contributed by atoms with E-state index in [0.717, 1.165) is 36.1 Å². The molecule has 158 valence electrons. The van der Waals surface area contributed by atoms with Crippen molar-refractivity contribution in [2.24, 2.45) is 10.9 Å². The fraction of sp³-hybridized carbons (Fsp3) is 0.409. The van der Waals surface area contributed by atoms with Gasteiger partial charge in [0.15, 0.2) is 17.5 Å². The Bertz CT molecular complexity index is 810. The number of guanidine groups is 1. The van der Waals surface area contributed by atoms with Crippen molar-refractivity contribution in [3.63, 3.8) is 0 Å². The van der Waals surface area contributed by atoms with Gasteiger partial charge in [0.25, 0.3) is 0 Å². The number of anilines is 1. The Morgan fingerprint density at radius 2 is 1.79 bits per heavy atom. The molecule has 2 N–H and O–H groups in total. The molecule has 0 heterocycles. The van der Waals surface area contributed by atoms with Crippen LogP contribution in [0.2, 0.25) is 0 Å². The average molecular weight is 511 g/mol. The Hall–Kier alpha value is -2.16. The first-order valence-electron chi connectivity index (χ1n) is 9.71. The third-order valence-electron chi connectivity index (χ3n) is 4.54. The number of aliphatic imine (C=N–C) groups is 1. The molecule has 1 aliphatic rings. The molecule has 1 saturated carbocycles. The van der Waals surface area contributed by atoms with Crippen LogP contribution in [-0.4, -0.2) is 33.3 Å². The third kappa shape index (κ3) is 6.99. The molecule has 0 saturated heterocycles. The smallest absolute Gasteiger partial charge is 0.196 e. The second-order valence-electron chi connectivity index (χ2n) is 6.75. The van der Waals surface area contributed by atoms with E-state index in [9.17, 15) is 0 Å². The zero-order valence-electron chi connectivity index (χ0n) is 17.2. The summed E-state index contributed by atoms with van der Waals surface area (Å²) in [5.41, 5.74) is 1.95. The van der Waals surface area contributed by atoms with E-state index in [-0.39, 0.29) is 24.0 Å². The Balaban J connectivity index is 0.00000300. The summed E-state index contributed by atoms with van der Waals surface area (Å²) in [6.07, 6.45) is 2.56. The van der Waals surface area contributed by atoms with E-state index in [4.69, 9.17) is 19.2 Å². The summed E-state index contributed by atoms with van der Waals surface area (Å²) in [6, 6.07) is 13.8. The minimum Gasteiger partial charge on any atom is -0.493 e. The lowest BCUT2D eigenvalue weighted by Crippen LogP contribution is -2.30. The maximum atomic E-state index is 5.99. The first kappa shape index (κ1) is 23.1. The number of halogens is 1. The van der Waals surface area contributed by atoms with E-state index < -0.39 is 0 Å². The number of nitrogens with one attached hydrogen (secondary N) is 2. The van der Waals surface area contributed by atoms with E-state index in [2.05, 4.69) is 16.7 Å². The van der Waals surface area contributed by atoms with E-state index in [1.165, 1.54) is 12.8 Å². The molecule has 1 fully saturated rings. The summed E-state index contributed by atoms with van der Waals surface area (Å²) >= 11 is 0. The van der Waals surface area contributed by atoms with Gasteiger partial charge >= 0.3 is 0 Å². The minimum atomic E-state index is 0. The number of para-hydroxylation sites is 1. The average Bonchev–Trinajstić information content (AvgIpc) is 3.55. The Kier molecular flexibility index (Phi) is 9.37. The molecule has 2 aromatic rings. The van der Waals surface area contributed by atoms with Gasteiger partial charge in [-0.15, -0.1) is 24.0 Å². The van der Waals surface area contributed by atoms with Gasteiger partial charge in [0.2, 0.25) is 0 Å². The Labute approximate surface area is 190 Å². The highest BCUT2D eigenvalue weighted by atomic mass is 127. The molecule has 1 aliphatic carbocycles. The zero-order valence-corrected chi connectivity index (χ0v) is 19.6. The van der Waals surface area contributed by atoms with E-state index >= 15 is 0 Å². The topological polar surface area (TPSA) is 64.1 Å². The molecule has 2 aromatic carbocycles. The largest absolute Gasteiger partial charge is 0.493 e. The first-order valence-corrected chi connectivity index (χ1v) is 9.71. The summed E-state index contributed by atoms with van der Waals surface area (Å²) in [5.74, 6) is 3.70. The van der Waals surface area contributed by atoms with Crippen LogP contribution in [-0.2, 0) is 6.54 Å². The van der Waals surface area contributed by atoms with Crippen molar-refractivity contribution in [3.8, 4) is 17.2 Å². The van der Waals surface area contributed by atoms with E-state index in [1.807, 2.05) is 43.3 Å². The van der Waals surface area contributed by atoms with Gasteiger partial charge in [0.1, 0.15) is 5.75 Å². The van der Waals surface area contributed by atoms with Crippen LogP contribution in [0.5, 0.6) is 17.2 Å². The lowest BCUT2D eigenvalue weighted by atomic mass is 10.2. The fourth-order valence-corrected chi connectivity index (χ4v) is 2.79. The second kappa shape index (κ2) is 11.7. The maximum Gasteiger partial charge on any atom is 0.196 e. The van der Waals surface area contributed by atoms with Crippen LogP contribution in [0.25, 0.3) is 0 Å². The molecule has 0 atom stereocenters. The summed E-state index contributed by atoms with van der Waals surface area (Å²) in [4.78, 5) is 4.72. The Morgan fingerprint density at radius 1 is 1.03 bits per heavy atom. The monoisotopic (exact) mass is 511 g/mol. The number of hydrogen-bond donors (Lipinski definition) is 2. The van der Waals surface area contributed by atoms with Crippen molar-refractivity contribution in [1.29, 1.82) is 0 Å². The number of hydrogen-bond acceptors (Lipinski definition) is 4. The van der Waals surface area contributed by atoms with Gasteiger partial charge in [-0.05, 0) is 43.9 Å². The lowest BCUT2D eigenvalue weighted by molar-refractivity contribution is 0.297. The van der Waals surface area contributed by atoms with Crippen molar-refractivity contribution < 1.29 is 14.2 Å². The fourth-order valence-electron chi connectivity index (χ4n) is 2.79. The van der Waals surface area contributed by atoms with Gasteiger partial charge in [0, 0.05) is 23.9 Å². The van der Waals surface area contributed by atoms with Gasteiger partial charge in [-0.2, -0.15) is 0 Å². The number of nitrogens with zero attached hydrogens (tertiary/aromatic N) is 1. The molecule has 0 spiro atoms. The SMILES string of the molecule is CCNC(=NCc1ccccc1OCC1CC1)Nc1ccc(OC)c(OC)c1.I. The normalized spacial score (nSPS) is 13.3. The summed E-state index contributed by atoms with van der Waals surface area (Å²) in [7, 11) is 3.25. The van der Waals surface area contributed by atoms with Crippen molar-refractivity contribution in [3.05, 3.63) is 48.0 Å². The van der Waals surface area contributed by atoms with Gasteiger partial charge in [-0.3, -0.25) is 0 Å². The highest BCUT2D eigenvalue weighted by molar-refractivity contribution is 14.0. The third-order valence-corrected chi connectivity index (χ3v) is 4.54. The van der Waals surface area contributed by atoms with Gasteiger partial charge in [0.05, 0.1) is 27.4 Å². The predicted molar refractivity (Wildman–Crippen MR) is 128 cm³/mol. The molecule has 0 amide bonds. The van der Waals surface area contributed by atoms with Crippen LogP contribution >= 0.6 is 24.0 Å². The van der Waals surface area contributed by atoms with Crippen LogP contribution in [0.15, 0.2) is 47.5 Å². The molecule has 0 unspecified atom stereocenters.